The number of aromatic amines is 1. The van der Waals surface area contributed by atoms with Gasteiger partial charge in [0.1, 0.15) is 54.6 Å². The third-order valence-corrected chi connectivity index (χ3v) is 12.3. The van der Waals surface area contributed by atoms with E-state index in [9.17, 15) is 30.0 Å². The Morgan fingerprint density at radius 2 is 1.87 bits per heavy atom. The Balaban J connectivity index is 1.10. The number of hydrogen-bond acceptors (Lipinski definition) is 14. The number of aliphatic carboxylic acids is 1. The van der Waals surface area contributed by atoms with Gasteiger partial charge in [-0.05, 0) is 41.6 Å². The van der Waals surface area contributed by atoms with E-state index in [1.165, 1.54) is 12.3 Å². The van der Waals surface area contributed by atoms with E-state index in [2.05, 4.69) is 22.1 Å². The van der Waals surface area contributed by atoms with Gasteiger partial charge in [-0.25, -0.2) is 0 Å². The topological polar surface area (TPSA) is 238 Å². The highest BCUT2D eigenvalue weighted by Gasteiger charge is 2.61. The fraction of sp³-hybridized carbons (Fsp3) is 0.348. The molecule has 0 saturated carbocycles. The molecule has 63 heavy (non-hydrogen) atoms. The highest BCUT2D eigenvalue weighted by molar-refractivity contribution is 5.90. The van der Waals surface area contributed by atoms with Crippen molar-refractivity contribution >= 4 is 22.8 Å². The molecule has 5 aromatic rings. The fourth-order valence-electron chi connectivity index (χ4n) is 9.43. The summed E-state index contributed by atoms with van der Waals surface area (Å²) < 4.78 is 46.6. The van der Waals surface area contributed by atoms with Crippen molar-refractivity contribution in [2.75, 3.05) is 13.7 Å². The first-order chi connectivity index (χ1) is 30.5. The number of nitrogens with two attached hydrogens (primary N) is 1. The molecule has 2 aromatic heterocycles. The first-order valence-electron chi connectivity index (χ1n) is 20.5. The van der Waals surface area contributed by atoms with Crippen molar-refractivity contribution in [1.29, 1.82) is 0 Å². The van der Waals surface area contributed by atoms with E-state index < -0.39 is 79.0 Å². The van der Waals surface area contributed by atoms with Gasteiger partial charge in [0, 0.05) is 54.1 Å². The minimum Gasteiger partial charge on any atom is -0.493 e. The van der Waals surface area contributed by atoms with Crippen molar-refractivity contribution in [3.8, 4) is 40.6 Å². The standard InChI is InChI=1S/C46H44N4O13/c1-57-30-11-10-28-35-38-27(23-7-3-2-4-8-23)9-5-6-16-58-40(30)39(28)62-41(35)34-25(21-50-20-24-12-14-48-29(24)22-50)17-26(18-31(34)60-38)59-45-37(55)36(54)42(56)46(63-45)13-15-49-44(47)43(46)61-33(53)19-32(51)52/h2-4,7-8,10-15,17-18,20,22,27,35-38,41-45,48-49,54-56H,6,16,19,21,47H2,1H3,(H,51,52). The van der Waals surface area contributed by atoms with Crippen LogP contribution < -0.4 is 34.7 Å². The van der Waals surface area contributed by atoms with Gasteiger partial charge in [-0.3, -0.25) is 9.59 Å². The van der Waals surface area contributed by atoms with E-state index in [1.807, 2.05) is 71.7 Å². The number of hydrogen-bond donors (Lipinski definition) is 7. The molecule has 7 heterocycles. The Kier molecular flexibility index (Phi) is 10.2. The third kappa shape index (κ3) is 6.96. The normalized spacial score (nSPS) is 30.0. The number of carbonyl (C=O) groups is 2. The van der Waals surface area contributed by atoms with Crippen LogP contribution in [-0.2, 0) is 25.6 Å². The van der Waals surface area contributed by atoms with Gasteiger partial charge in [0.15, 0.2) is 23.2 Å². The van der Waals surface area contributed by atoms with Crippen LogP contribution in [0.2, 0.25) is 0 Å². The smallest absolute Gasteiger partial charge is 0.317 e. The molecule has 1 saturated heterocycles. The number of esters is 1. The number of nitrogens with one attached hydrogen (secondary N) is 2. The zero-order chi connectivity index (χ0) is 43.6. The number of aromatic nitrogens is 2. The lowest BCUT2D eigenvalue weighted by molar-refractivity contribution is -0.321. The van der Waals surface area contributed by atoms with Gasteiger partial charge < -0.3 is 74.2 Å². The van der Waals surface area contributed by atoms with Crippen molar-refractivity contribution in [3.05, 3.63) is 114 Å². The second kappa shape index (κ2) is 15.9. The number of nitrogens with zero attached hydrogens (tertiary/aromatic N) is 1. The summed E-state index contributed by atoms with van der Waals surface area (Å²) in [5.41, 5.74) is 8.37. The first-order valence-corrected chi connectivity index (χ1v) is 20.5. The van der Waals surface area contributed by atoms with Crippen molar-refractivity contribution in [2.24, 2.45) is 5.73 Å². The van der Waals surface area contributed by atoms with E-state index in [4.69, 9.17) is 38.9 Å². The number of H-pyrrole nitrogens is 1. The minimum absolute atomic E-state index is 0.146. The van der Waals surface area contributed by atoms with Crippen LogP contribution in [0.5, 0.6) is 28.7 Å². The lowest BCUT2D eigenvalue weighted by atomic mass is 9.76. The van der Waals surface area contributed by atoms with Gasteiger partial charge in [0.2, 0.25) is 12.0 Å². The summed E-state index contributed by atoms with van der Waals surface area (Å²) in [4.78, 5) is 27.3. The Labute approximate surface area is 359 Å². The molecule has 0 aliphatic carbocycles. The van der Waals surface area contributed by atoms with E-state index in [0.717, 1.165) is 33.2 Å². The van der Waals surface area contributed by atoms with Gasteiger partial charge in [-0.1, -0.05) is 48.2 Å². The second-order valence-corrected chi connectivity index (χ2v) is 16.1. The van der Waals surface area contributed by atoms with Crippen molar-refractivity contribution < 1.29 is 63.2 Å². The van der Waals surface area contributed by atoms with Crippen LogP contribution in [0.3, 0.4) is 0 Å². The molecule has 0 amide bonds. The van der Waals surface area contributed by atoms with E-state index in [1.54, 1.807) is 19.2 Å². The van der Waals surface area contributed by atoms with Crippen molar-refractivity contribution in [3.63, 3.8) is 0 Å². The summed E-state index contributed by atoms with van der Waals surface area (Å²) in [5, 5.41) is 47.2. The first kappa shape index (κ1) is 40.4. The van der Waals surface area contributed by atoms with Crippen LogP contribution in [-0.4, -0.2) is 104 Å². The number of carboxylic acids is 1. The molecule has 17 heteroatoms. The summed E-state index contributed by atoms with van der Waals surface area (Å²) >= 11 is 0. The molecule has 1 fully saturated rings. The molecule has 4 bridgehead atoms. The van der Waals surface area contributed by atoms with Crippen LogP contribution in [0.25, 0.3) is 10.9 Å². The molecule has 0 radical (unpaired) electrons. The molecule has 8 N–H and O–H groups in total. The van der Waals surface area contributed by atoms with E-state index in [0.29, 0.717) is 42.6 Å². The molecule has 5 aliphatic rings. The molecule has 3 aromatic carbocycles. The van der Waals surface area contributed by atoms with Gasteiger partial charge in [0.25, 0.3) is 0 Å². The quantitative estimate of drug-likeness (QED) is 0.0641. The maximum atomic E-state index is 12.7. The molecule has 326 valence electrons. The molecule has 1 spiro atoms. The Morgan fingerprint density at radius 3 is 2.67 bits per heavy atom. The lowest BCUT2D eigenvalue weighted by Gasteiger charge is -2.52. The minimum atomic E-state index is -2.10. The number of methoxy groups -OCH3 is 1. The number of fused-ring (bicyclic) bond motifs is 3. The van der Waals surface area contributed by atoms with Crippen LogP contribution in [0.1, 0.15) is 53.0 Å². The van der Waals surface area contributed by atoms with Crippen LogP contribution in [0, 0.1) is 11.8 Å². The van der Waals surface area contributed by atoms with Crippen LogP contribution in [0.15, 0.2) is 91.5 Å². The molecular formula is C46H44N4O13. The number of benzene rings is 3. The highest BCUT2D eigenvalue weighted by atomic mass is 16.7. The summed E-state index contributed by atoms with van der Waals surface area (Å²) in [7, 11) is 1.58. The number of carboxylic acid groups (broad SMARTS) is 1. The number of carbonyl (C=O) groups excluding carboxylic acids is 1. The maximum absolute atomic E-state index is 12.7. The van der Waals surface area contributed by atoms with Gasteiger partial charge >= 0.3 is 11.9 Å². The van der Waals surface area contributed by atoms with Gasteiger partial charge in [-0.15, -0.1) is 0 Å². The summed E-state index contributed by atoms with van der Waals surface area (Å²) in [6.45, 7) is 0.610. The van der Waals surface area contributed by atoms with Crippen molar-refractivity contribution in [2.45, 2.75) is 85.9 Å². The third-order valence-electron chi connectivity index (χ3n) is 12.3. The fourth-order valence-corrected chi connectivity index (χ4v) is 9.43. The predicted molar refractivity (Wildman–Crippen MR) is 221 cm³/mol. The monoisotopic (exact) mass is 860 g/mol. The van der Waals surface area contributed by atoms with Crippen molar-refractivity contribution in [1.82, 2.24) is 14.9 Å². The zero-order valence-corrected chi connectivity index (χ0v) is 33.7. The lowest BCUT2D eigenvalue weighted by Crippen LogP contribution is -2.74. The highest BCUT2D eigenvalue weighted by Crippen LogP contribution is 2.61. The van der Waals surface area contributed by atoms with Crippen LogP contribution in [0.4, 0.5) is 0 Å². The molecule has 11 atom stereocenters. The molecule has 11 unspecified atom stereocenters. The zero-order valence-electron chi connectivity index (χ0n) is 33.7. The van der Waals surface area contributed by atoms with E-state index in [-0.39, 0.29) is 11.7 Å². The van der Waals surface area contributed by atoms with Crippen LogP contribution >= 0.6 is 0 Å². The average Bonchev–Trinajstić information content (AvgIpc) is 3.98. The second-order valence-electron chi connectivity index (χ2n) is 16.1. The Hall–Kier alpha value is -6.68. The van der Waals surface area contributed by atoms with Gasteiger partial charge in [0.05, 0.1) is 31.1 Å². The average molecular weight is 861 g/mol. The summed E-state index contributed by atoms with van der Waals surface area (Å²) in [6, 6.07) is 19.1. The number of aliphatic hydroxyl groups is 3. The number of rotatable bonds is 9. The van der Waals surface area contributed by atoms with Gasteiger partial charge in [-0.2, -0.15) is 0 Å². The molecule has 17 nitrogen and oxygen atoms in total. The molecule has 5 aliphatic heterocycles. The maximum Gasteiger partial charge on any atom is 0.317 e. The molecular weight excluding hydrogens is 817 g/mol. The summed E-state index contributed by atoms with van der Waals surface area (Å²) in [5.74, 6) is 5.47. The Bertz CT molecular complexity index is 2640. The van der Waals surface area contributed by atoms with E-state index >= 15 is 0 Å². The number of aliphatic hydroxyl groups excluding tert-OH is 3. The molecule has 10 rings (SSSR count). The largest absolute Gasteiger partial charge is 0.493 e. The number of ether oxygens (including phenoxy) is 7. The predicted octanol–water partition coefficient (Wildman–Crippen LogP) is 2.92. The SMILES string of the molecule is COc1ccc2c3c1OCCC#CC(c1ccccc1)C1Oc4cc(OC5OC6(C=CNC(N)C6OC(=O)CC(=O)O)C(O)C(O)C5O)cc(Cn5cc6cc[nH]c6c5)c4C(O3)C21. The Morgan fingerprint density at radius 1 is 1.03 bits per heavy atom. The summed E-state index contributed by atoms with van der Waals surface area (Å²) in [6.07, 6.45) is -3.51.